The summed E-state index contributed by atoms with van der Waals surface area (Å²) < 4.78 is 19.0. The first kappa shape index (κ1) is 14.7. The van der Waals surface area contributed by atoms with E-state index < -0.39 is 0 Å². The lowest BCUT2D eigenvalue weighted by molar-refractivity contribution is -0.0208. The highest BCUT2D eigenvalue weighted by atomic mass is 19.1. The highest BCUT2D eigenvalue weighted by Gasteiger charge is 2.25. The van der Waals surface area contributed by atoms with Gasteiger partial charge in [0.2, 0.25) is 0 Å². The molecule has 0 spiro atoms. The van der Waals surface area contributed by atoms with Crippen LogP contribution in [0.15, 0.2) is 54.6 Å². The van der Waals surface area contributed by atoms with Gasteiger partial charge >= 0.3 is 0 Å². The Morgan fingerprint density at radius 1 is 1.18 bits per heavy atom. The predicted molar refractivity (Wildman–Crippen MR) is 82.2 cm³/mol. The van der Waals surface area contributed by atoms with Crippen LogP contribution in [0.4, 0.5) is 4.39 Å². The first-order valence-electron chi connectivity index (χ1n) is 7.43. The minimum absolute atomic E-state index is 0.0198. The number of ether oxygens (including phenoxy) is 1. The molecule has 2 aromatic rings. The van der Waals surface area contributed by atoms with Gasteiger partial charge in [-0.3, -0.25) is 4.79 Å². The number of benzene rings is 2. The third-order valence-electron chi connectivity index (χ3n) is 3.80. The Bertz CT molecular complexity index is 645. The van der Waals surface area contributed by atoms with Gasteiger partial charge in [-0.25, -0.2) is 4.39 Å². The quantitative estimate of drug-likeness (QED) is 0.872. The molecule has 0 saturated carbocycles. The molecule has 0 aromatic heterocycles. The van der Waals surface area contributed by atoms with E-state index in [2.05, 4.69) is 12.1 Å². The van der Waals surface area contributed by atoms with Crippen molar-refractivity contribution in [3.63, 3.8) is 0 Å². The van der Waals surface area contributed by atoms with Crippen molar-refractivity contribution >= 4 is 5.91 Å². The smallest absolute Gasteiger partial charge is 0.254 e. The fourth-order valence-electron chi connectivity index (χ4n) is 2.71. The van der Waals surface area contributed by atoms with Gasteiger partial charge in [-0.15, -0.1) is 0 Å². The summed E-state index contributed by atoms with van der Waals surface area (Å²) in [5.41, 5.74) is 1.58. The molecule has 2 aromatic carbocycles. The van der Waals surface area contributed by atoms with Crippen molar-refractivity contribution in [1.82, 2.24) is 4.90 Å². The highest BCUT2D eigenvalue weighted by molar-refractivity contribution is 5.94. The zero-order valence-electron chi connectivity index (χ0n) is 12.2. The third kappa shape index (κ3) is 3.52. The monoisotopic (exact) mass is 299 g/mol. The average Bonchev–Trinajstić information content (AvgIpc) is 2.55. The lowest BCUT2D eigenvalue weighted by Crippen LogP contribution is -2.46. The first-order valence-corrected chi connectivity index (χ1v) is 7.43. The van der Waals surface area contributed by atoms with Crippen molar-refractivity contribution in [2.24, 2.45) is 0 Å². The summed E-state index contributed by atoms with van der Waals surface area (Å²) in [5, 5.41) is 0. The molecule has 3 nitrogen and oxygen atoms in total. The minimum atomic E-state index is -0.389. The first-order chi connectivity index (χ1) is 10.7. The summed E-state index contributed by atoms with van der Waals surface area (Å²) >= 11 is 0. The second kappa shape index (κ2) is 6.71. The van der Waals surface area contributed by atoms with Crippen LogP contribution in [-0.2, 0) is 11.2 Å². The topological polar surface area (TPSA) is 29.5 Å². The number of morpholine rings is 1. The molecule has 3 rings (SSSR count). The molecule has 1 aliphatic heterocycles. The number of halogens is 1. The molecular weight excluding hydrogens is 281 g/mol. The molecule has 0 N–H and O–H groups in total. The standard InChI is InChI=1S/C18H18FNO2/c19-16-8-4-7-15(12-16)18(21)20-9-10-22-17(13-20)11-14-5-2-1-3-6-14/h1-8,12,17H,9-11,13H2. The Kier molecular flexibility index (Phi) is 4.49. The summed E-state index contributed by atoms with van der Waals surface area (Å²) in [5.74, 6) is -0.527. The molecule has 1 saturated heterocycles. The van der Waals surface area contributed by atoms with E-state index in [1.165, 1.54) is 17.7 Å². The summed E-state index contributed by atoms with van der Waals surface area (Å²) in [6.07, 6.45) is 0.752. The lowest BCUT2D eigenvalue weighted by atomic mass is 10.1. The number of hydrogen-bond acceptors (Lipinski definition) is 2. The van der Waals surface area contributed by atoms with Crippen LogP contribution in [0.1, 0.15) is 15.9 Å². The second-order valence-corrected chi connectivity index (χ2v) is 5.44. The molecule has 1 aliphatic rings. The molecule has 1 amide bonds. The molecular formula is C18H18FNO2. The molecule has 22 heavy (non-hydrogen) atoms. The average molecular weight is 299 g/mol. The van der Waals surface area contributed by atoms with Crippen LogP contribution in [0.25, 0.3) is 0 Å². The Hall–Kier alpha value is -2.20. The molecule has 1 atom stereocenters. The lowest BCUT2D eigenvalue weighted by Gasteiger charge is -2.33. The van der Waals surface area contributed by atoms with Crippen LogP contribution >= 0.6 is 0 Å². The van der Waals surface area contributed by atoms with E-state index in [1.54, 1.807) is 17.0 Å². The van der Waals surface area contributed by atoms with Crippen molar-refractivity contribution < 1.29 is 13.9 Å². The number of nitrogens with zero attached hydrogens (tertiary/aromatic N) is 1. The van der Waals surface area contributed by atoms with Gasteiger partial charge in [0.05, 0.1) is 12.7 Å². The maximum atomic E-state index is 13.3. The number of amides is 1. The van der Waals surface area contributed by atoms with Crippen molar-refractivity contribution in [2.75, 3.05) is 19.7 Å². The van der Waals surface area contributed by atoms with Gasteiger partial charge in [0, 0.05) is 25.1 Å². The maximum absolute atomic E-state index is 13.3. The number of rotatable bonds is 3. The van der Waals surface area contributed by atoms with E-state index in [4.69, 9.17) is 4.74 Å². The van der Waals surface area contributed by atoms with Crippen molar-refractivity contribution in [3.8, 4) is 0 Å². The van der Waals surface area contributed by atoms with E-state index >= 15 is 0 Å². The number of carbonyl (C=O) groups excluding carboxylic acids is 1. The molecule has 4 heteroatoms. The molecule has 1 fully saturated rings. The Labute approximate surface area is 129 Å². The van der Waals surface area contributed by atoms with E-state index in [-0.39, 0.29) is 17.8 Å². The second-order valence-electron chi connectivity index (χ2n) is 5.44. The predicted octanol–water partition coefficient (Wildman–Crippen LogP) is 2.91. The zero-order chi connectivity index (χ0) is 15.4. The van der Waals surface area contributed by atoms with Crippen LogP contribution in [0.3, 0.4) is 0 Å². The van der Waals surface area contributed by atoms with Crippen LogP contribution < -0.4 is 0 Å². The fourth-order valence-corrected chi connectivity index (χ4v) is 2.71. The zero-order valence-corrected chi connectivity index (χ0v) is 12.2. The van der Waals surface area contributed by atoms with E-state index in [9.17, 15) is 9.18 Å². The molecule has 0 bridgehead atoms. The fraction of sp³-hybridized carbons (Fsp3) is 0.278. The molecule has 114 valence electrons. The normalized spacial score (nSPS) is 18.2. The summed E-state index contributed by atoms with van der Waals surface area (Å²) in [7, 11) is 0. The van der Waals surface area contributed by atoms with Gasteiger partial charge < -0.3 is 9.64 Å². The Balaban J connectivity index is 1.66. The van der Waals surface area contributed by atoms with Gasteiger partial charge in [0.1, 0.15) is 5.82 Å². The molecule has 0 radical (unpaired) electrons. The summed E-state index contributed by atoms with van der Waals surface area (Å²) in [6.45, 7) is 1.59. The van der Waals surface area contributed by atoms with E-state index in [0.29, 0.717) is 25.3 Å². The molecule has 1 unspecified atom stereocenters. The summed E-state index contributed by atoms with van der Waals surface area (Å²) in [4.78, 5) is 14.2. The van der Waals surface area contributed by atoms with Crippen LogP contribution in [-0.4, -0.2) is 36.6 Å². The van der Waals surface area contributed by atoms with Crippen LogP contribution in [0.2, 0.25) is 0 Å². The molecule has 1 heterocycles. The van der Waals surface area contributed by atoms with Gasteiger partial charge in [-0.2, -0.15) is 0 Å². The van der Waals surface area contributed by atoms with Crippen molar-refractivity contribution in [3.05, 3.63) is 71.5 Å². The summed E-state index contributed by atoms with van der Waals surface area (Å²) in [6, 6.07) is 15.9. The van der Waals surface area contributed by atoms with Crippen molar-refractivity contribution in [1.29, 1.82) is 0 Å². The van der Waals surface area contributed by atoms with Gasteiger partial charge in [0.25, 0.3) is 5.91 Å². The maximum Gasteiger partial charge on any atom is 0.254 e. The van der Waals surface area contributed by atoms with Crippen LogP contribution in [0.5, 0.6) is 0 Å². The Morgan fingerprint density at radius 3 is 2.77 bits per heavy atom. The van der Waals surface area contributed by atoms with E-state index in [0.717, 1.165) is 6.42 Å². The number of carbonyl (C=O) groups is 1. The van der Waals surface area contributed by atoms with Crippen LogP contribution in [0, 0.1) is 5.82 Å². The van der Waals surface area contributed by atoms with Gasteiger partial charge in [-0.05, 0) is 23.8 Å². The number of hydrogen-bond donors (Lipinski definition) is 0. The highest BCUT2D eigenvalue weighted by Crippen LogP contribution is 2.15. The van der Waals surface area contributed by atoms with Gasteiger partial charge in [-0.1, -0.05) is 36.4 Å². The third-order valence-corrected chi connectivity index (χ3v) is 3.80. The largest absolute Gasteiger partial charge is 0.374 e. The minimum Gasteiger partial charge on any atom is -0.374 e. The molecule has 0 aliphatic carbocycles. The SMILES string of the molecule is O=C(c1cccc(F)c1)N1CCOC(Cc2ccccc2)C1. The van der Waals surface area contributed by atoms with E-state index in [1.807, 2.05) is 18.2 Å². The Morgan fingerprint density at radius 2 is 2.00 bits per heavy atom. The van der Waals surface area contributed by atoms with Crippen molar-refractivity contribution in [2.45, 2.75) is 12.5 Å². The van der Waals surface area contributed by atoms with Gasteiger partial charge in [0.15, 0.2) is 0 Å².